The van der Waals surface area contributed by atoms with Crippen molar-refractivity contribution in [2.24, 2.45) is 0 Å². The Balaban J connectivity index is 1.87. The summed E-state index contributed by atoms with van der Waals surface area (Å²) in [4.78, 5) is 25.0. The second kappa shape index (κ2) is 5.05. The lowest BCUT2D eigenvalue weighted by Crippen LogP contribution is -2.23. The predicted molar refractivity (Wildman–Crippen MR) is 79.4 cm³/mol. The summed E-state index contributed by atoms with van der Waals surface area (Å²) in [5.74, 6) is -1.41. The Morgan fingerprint density at radius 1 is 1.14 bits per heavy atom. The summed E-state index contributed by atoms with van der Waals surface area (Å²) in [7, 11) is 0. The summed E-state index contributed by atoms with van der Waals surface area (Å²) in [6, 6.07) is 14.7. The first-order valence-corrected chi connectivity index (χ1v) is 6.80. The van der Waals surface area contributed by atoms with E-state index in [0.29, 0.717) is 6.54 Å². The number of benzene rings is 2. The molecule has 0 fully saturated rings. The van der Waals surface area contributed by atoms with Gasteiger partial charge in [0.1, 0.15) is 0 Å². The fourth-order valence-electron chi connectivity index (χ4n) is 2.55. The van der Waals surface area contributed by atoms with Crippen LogP contribution in [0, 0.1) is 0 Å². The maximum atomic E-state index is 12.4. The van der Waals surface area contributed by atoms with Gasteiger partial charge in [-0.05, 0) is 36.2 Å². The quantitative estimate of drug-likeness (QED) is 0.940. The van der Waals surface area contributed by atoms with Crippen molar-refractivity contribution in [2.75, 3.05) is 4.90 Å². The number of carboxylic acids is 1. The summed E-state index contributed by atoms with van der Waals surface area (Å²) < 4.78 is 0. The van der Waals surface area contributed by atoms with Crippen molar-refractivity contribution < 1.29 is 14.7 Å². The highest BCUT2D eigenvalue weighted by atomic mass is 16.4. The second-order valence-corrected chi connectivity index (χ2v) is 5.20. The summed E-state index contributed by atoms with van der Waals surface area (Å²) in [5, 5.41) is 9.01. The number of carbonyl (C=O) groups excluding carboxylic acids is 1. The molecule has 2 aromatic rings. The van der Waals surface area contributed by atoms with E-state index >= 15 is 0 Å². The van der Waals surface area contributed by atoms with E-state index in [9.17, 15) is 9.59 Å². The monoisotopic (exact) mass is 281 g/mol. The lowest BCUT2D eigenvalue weighted by molar-refractivity contribution is -0.138. The van der Waals surface area contributed by atoms with Crippen LogP contribution in [0.2, 0.25) is 0 Å². The standard InChI is InChI=1S/C17H15NO3/c1-11(17(20)21)12-6-8-14(9-7-12)18-10-13-4-2-3-5-15(13)16(18)19/h2-9,11H,10H2,1H3,(H,20,21)/t11-/m1/s1. The highest BCUT2D eigenvalue weighted by Gasteiger charge is 2.28. The van der Waals surface area contributed by atoms with Gasteiger partial charge in [-0.2, -0.15) is 0 Å². The third kappa shape index (κ3) is 2.29. The van der Waals surface area contributed by atoms with Gasteiger partial charge in [-0.1, -0.05) is 30.3 Å². The molecule has 0 spiro atoms. The number of aliphatic carboxylic acids is 1. The lowest BCUT2D eigenvalue weighted by atomic mass is 10.0. The molecular formula is C17H15NO3. The normalized spacial score (nSPS) is 14.9. The zero-order valence-corrected chi connectivity index (χ0v) is 11.6. The molecule has 106 valence electrons. The molecule has 4 nitrogen and oxygen atoms in total. The first-order valence-electron chi connectivity index (χ1n) is 6.80. The van der Waals surface area contributed by atoms with E-state index in [1.807, 2.05) is 24.3 Å². The minimum absolute atomic E-state index is 0.00960. The smallest absolute Gasteiger partial charge is 0.310 e. The Morgan fingerprint density at radius 2 is 1.81 bits per heavy atom. The van der Waals surface area contributed by atoms with Crippen LogP contribution < -0.4 is 4.90 Å². The van der Waals surface area contributed by atoms with Gasteiger partial charge in [-0.3, -0.25) is 9.59 Å². The van der Waals surface area contributed by atoms with Gasteiger partial charge in [0.15, 0.2) is 0 Å². The number of anilines is 1. The van der Waals surface area contributed by atoms with Gasteiger partial charge in [-0.15, -0.1) is 0 Å². The second-order valence-electron chi connectivity index (χ2n) is 5.20. The Hall–Kier alpha value is -2.62. The summed E-state index contributed by atoms with van der Waals surface area (Å²) >= 11 is 0. The molecule has 2 aromatic carbocycles. The molecule has 4 heteroatoms. The fourth-order valence-corrected chi connectivity index (χ4v) is 2.55. The maximum absolute atomic E-state index is 12.4. The minimum Gasteiger partial charge on any atom is -0.481 e. The van der Waals surface area contributed by atoms with Crippen LogP contribution in [0.25, 0.3) is 0 Å². The molecule has 1 N–H and O–H groups in total. The van der Waals surface area contributed by atoms with E-state index in [4.69, 9.17) is 5.11 Å². The van der Waals surface area contributed by atoms with E-state index in [0.717, 1.165) is 22.4 Å². The molecule has 0 saturated carbocycles. The van der Waals surface area contributed by atoms with Crippen LogP contribution in [0.1, 0.15) is 34.3 Å². The van der Waals surface area contributed by atoms with Gasteiger partial charge in [0.25, 0.3) is 5.91 Å². The van der Waals surface area contributed by atoms with Crippen LogP contribution in [0.3, 0.4) is 0 Å². The van der Waals surface area contributed by atoms with Crippen LogP contribution in [0.5, 0.6) is 0 Å². The maximum Gasteiger partial charge on any atom is 0.310 e. The number of rotatable bonds is 3. The van der Waals surface area contributed by atoms with Gasteiger partial charge in [0.05, 0.1) is 12.5 Å². The Labute approximate surface area is 122 Å². The van der Waals surface area contributed by atoms with Gasteiger partial charge in [0, 0.05) is 11.3 Å². The summed E-state index contributed by atoms with van der Waals surface area (Å²) in [5.41, 5.74) is 3.28. The van der Waals surface area contributed by atoms with Crippen molar-refractivity contribution in [3.63, 3.8) is 0 Å². The third-order valence-electron chi connectivity index (χ3n) is 3.90. The van der Waals surface area contributed by atoms with E-state index < -0.39 is 11.9 Å². The first-order chi connectivity index (χ1) is 10.1. The summed E-state index contributed by atoms with van der Waals surface area (Å²) in [6.45, 7) is 2.21. The molecule has 1 aliphatic rings. The van der Waals surface area contributed by atoms with E-state index in [1.165, 1.54) is 0 Å². The molecule has 3 rings (SSSR count). The molecule has 0 bridgehead atoms. The number of fused-ring (bicyclic) bond motifs is 1. The molecule has 0 aliphatic carbocycles. The van der Waals surface area contributed by atoms with Crippen molar-refractivity contribution in [3.8, 4) is 0 Å². The molecule has 0 saturated heterocycles. The average molecular weight is 281 g/mol. The van der Waals surface area contributed by atoms with Crippen molar-refractivity contribution >= 4 is 17.6 Å². The van der Waals surface area contributed by atoms with E-state index in [1.54, 1.807) is 36.1 Å². The van der Waals surface area contributed by atoms with Gasteiger partial charge in [0.2, 0.25) is 0 Å². The highest BCUT2D eigenvalue weighted by molar-refractivity contribution is 6.09. The van der Waals surface area contributed by atoms with Gasteiger partial charge < -0.3 is 10.0 Å². The van der Waals surface area contributed by atoms with Crippen molar-refractivity contribution in [1.29, 1.82) is 0 Å². The zero-order chi connectivity index (χ0) is 15.0. The molecule has 1 amide bonds. The SMILES string of the molecule is C[C@@H](C(=O)O)c1ccc(N2Cc3ccccc3C2=O)cc1. The fraction of sp³-hybridized carbons (Fsp3) is 0.176. The van der Waals surface area contributed by atoms with Crippen molar-refractivity contribution in [2.45, 2.75) is 19.4 Å². The molecule has 0 radical (unpaired) electrons. The van der Waals surface area contributed by atoms with Crippen molar-refractivity contribution in [3.05, 3.63) is 65.2 Å². The van der Waals surface area contributed by atoms with Crippen molar-refractivity contribution in [1.82, 2.24) is 0 Å². The number of amides is 1. The third-order valence-corrected chi connectivity index (χ3v) is 3.90. The van der Waals surface area contributed by atoms with Gasteiger partial charge >= 0.3 is 5.97 Å². The topological polar surface area (TPSA) is 57.6 Å². The predicted octanol–water partition coefficient (Wildman–Crippen LogP) is 3.04. The number of carboxylic acid groups (broad SMARTS) is 1. The molecule has 1 aliphatic heterocycles. The molecule has 0 unspecified atom stereocenters. The molecule has 0 aromatic heterocycles. The Morgan fingerprint density at radius 3 is 2.43 bits per heavy atom. The van der Waals surface area contributed by atoms with Crippen LogP contribution in [-0.4, -0.2) is 17.0 Å². The largest absolute Gasteiger partial charge is 0.481 e. The Bertz CT molecular complexity index is 706. The molecule has 1 atom stereocenters. The molecular weight excluding hydrogens is 266 g/mol. The van der Waals surface area contributed by atoms with Crippen LogP contribution >= 0.6 is 0 Å². The summed E-state index contributed by atoms with van der Waals surface area (Å²) in [6.07, 6.45) is 0. The van der Waals surface area contributed by atoms with Crippen LogP contribution in [-0.2, 0) is 11.3 Å². The van der Waals surface area contributed by atoms with Gasteiger partial charge in [-0.25, -0.2) is 0 Å². The molecule has 1 heterocycles. The van der Waals surface area contributed by atoms with Crippen LogP contribution in [0.15, 0.2) is 48.5 Å². The number of carbonyl (C=O) groups is 2. The Kier molecular flexibility index (Phi) is 3.22. The van der Waals surface area contributed by atoms with Crippen LogP contribution in [0.4, 0.5) is 5.69 Å². The number of nitrogens with zero attached hydrogens (tertiary/aromatic N) is 1. The molecule has 21 heavy (non-hydrogen) atoms. The number of hydrogen-bond acceptors (Lipinski definition) is 2. The first kappa shape index (κ1) is 13.4. The number of hydrogen-bond donors (Lipinski definition) is 1. The highest BCUT2D eigenvalue weighted by Crippen LogP contribution is 2.29. The average Bonchev–Trinajstić information content (AvgIpc) is 2.84. The minimum atomic E-state index is -0.854. The van der Waals surface area contributed by atoms with E-state index in [-0.39, 0.29) is 5.91 Å². The van der Waals surface area contributed by atoms with E-state index in [2.05, 4.69) is 0 Å². The lowest BCUT2D eigenvalue weighted by Gasteiger charge is -2.16. The zero-order valence-electron chi connectivity index (χ0n) is 11.6.